The zero-order valence-electron chi connectivity index (χ0n) is 23.3. The zero-order chi connectivity index (χ0) is 29.8. The first-order valence-corrected chi connectivity index (χ1v) is 15.3. The lowest BCUT2D eigenvalue weighted by Gasteiger charge is -2.13. The van der Waals surface area contributed by atoms with Crippen LogP contribution in [0.4, 0.5) is 0 Å². The number of halogens is 2. The van der Waals surface area contributed by atoms with Crippen LogP contribution >= 0.6 is 31.9 Å². The van der Waals surface area contributed by atoms with Crippen molar-refractivity contribution in [1.29, 1.82) is 0 Å². The van der Waals surface area contributed by atoms with E-state index < -0.39 is 0 Å². The van der Waals surface area contributed by atoms with Crippen molar-refractivity contribution in [2.75, 3.05) is 0 Å². The molecule has 0 fully saturated rings. The van der Waals surface area contributed by atoms with E-state index in [0.717, 1.165) is 42.7 Å². The van der Waals surface area contributed by atoms with E-state index in [-0.39, 0.29) is 5.91 Å². The van der Waals surface area contributed by atoms with Gasteiger partial charge >= 0.3 is 0 Å². The van der Waals surface area contributed by atoms with Gasteiger partial charge in [0.2, 0.25) is 0 Å². The number of hydrogen-bond donors (Lipinski definition) is 1. The largest absolute Gasteiger partial charge is 0.487 e. The molecular weight excluding hydrogens is 666 g/mol. The third-order valence-corrected chi connectivity index (χ3v) is 8.36. The number of rotatable bonds is 8. The molecule has 0 atom stereocenters. The fourth-order valence-electron chi connectivity index (χ4n) is 5.07. The molecule has 6 aromatic rings. The van der Waals surface area contributed by atoms with Crippen molar-refractivity contribution >= 4 is 54.8 Å². The Morgan fingerprint density at radius 1 is 0.837 bits per heavy atom. The predicted molar refractivity (Wildman–Crippen MR) is 181 cm³/mol. The van der Waals surface area contributed by atoms with Crippen molar-refractivity contribution in [3.8, 4) is 22.7 Å². The van der Waals surface area contributed by atoms with Gasteiger partial charge in [-0.05, 0) is 115 Å². The number of fused-ring (bicyclic) bond motifs is 1. The van der Waals surface area contributed by atoms with Crippen LogP contribution < -0.4 is 10.2 Å². The standard InChI is InChI=1S/C36H27Br2N3O2/c1-24-14-19-34(27-9-3-2-4-10-27)41(24)30-17-15-28(16-18-30)36(42)40-39-22-25-20-32(37)35(33(38)21-25)43-23-29-12-7-11-26-8-5-6-13-31(26)29/h2-22H,23H2,1H3,(H,40,42)/b39-22+. The summed E-state index contributed by atoms with van der Waals surface area (Å²) in [5.74, 6) is 0.408. The summed E-state index contributed by atoms with van der Waals surface area (Å²) in [5.41, 5.74) is 9.39. The van der Waals surface area contributed by atoms with Crippen LogP contribution in [0.25, 0.3) is 27.7 Å². The van der Waals surface area contributed by atoms with Gasteiger partial charge in [0.15, 0.2) is 0 Å². The first-order valence-electron chi connectivity index (χ1n) is 13.7. The Morgan fingerprint density at radius 3 is 2.30 bits per heavy atom. The molecular formula is C36H27Br2N3O2. The molecule has 0 bridgehead atoms. The minimum atomic E-state index is -0.288. The third kappa shape index (κ3) is 6.33. The van der Waals surface area contributed by atoms with E-state index in [1.54, 1.807) is 6.21 Å². The summed E-state index contributed by atoms with van der Waals surface area (Å²) >= 11 is 7.24. The molecule has 0 saturated heterocycles. The van der Waals surface area contributed by atoms with Crippen LogP contribution in [0.15, 0.2) is 135 Å². The van der Waals surface area contributed by atoms with E-state index in [0.29, 0.717) is 17.9 Å². The van der Waals surface area contributed by atoms with Gasteiger partial charge in [-0.3, -0.25) is 4.79 Å². The lowest BCUT2D eigenvalue weighted by atomic mass is 10.1. The maximum Gasteiger partial charge on any atom is 0.271 e. The van der Waals surface area contributed by atoms with Crippen LogP contribution in [0.5, 0.6) is 5.75 Å². The van der Waals surface area contributed by atoms with E-state index in [4.69, 9.17) is 4.74 Å². The molecule has 0 aliphatic carbocycles. The van der Waals surface area contributed by atoms with E-state index in [2.05, 4.69) is 102 Å². The van der Waals surface area contributed by atoms with E-state index in [1.165, 1.54) is 10.8 Å². The second-order valence-electron chi connectivity index (χ2n) is 10.0. The second kappa shape index (κ2) is 12.8. The maximum absolute atomic E-state index is 12.8. The SMILES string of the molecule is Cc1ccc(-c2ccccc2)n1-c1ccc(C(=O)N/N=C/c2cc(Br)c(OCc3cccc4ccccc34)c(Br)c2)cc1. The zero-order valence-corrected chi connectivity index (χ0v) is 26.5. The van der Waals surface area contributed by atoms with Crippen LogP contribution in [0.1, 0.15) is 27.2 Å². The number of carbonyl (C=O) groups excluding carboxylic acids is 1. The Morgan fingerprint density at radius 2 is 1.53 bits per heavy atom. The summed E-state index contributed by atoms with van der Waals surface area (Å²) in [5, 5.41) is 6.54. The van der Waals surface area contributed by atoms with E-state index >= 15 is 0 Å². The summed E-state index contributed by atoms with van der Waals surface area (Å²) in [6.45, 7) is 2.50. The number of hydrazone groups is 1. The van der Waals surface area contributed by atoms with Gasteiger partial charge < -0.3 is 9.30 Å². The molecule has 212 valence electrons. The van der Waals surface area contributed by atoms with Crippen molar-refractivity contribution in [3.63, 3.8) is 0 Å². The lowest BCUT2D eigenvalue weighted by molar-refractivity contribution is 0.0955. The van der Waals surface area contributed by atoms with Crippen LogP contribution in [-0.4, -0.2) is 16.7 Å². The van der Waals surface area contributed by atoms with E-state index in [1.807, 2.05) is 72.8 Å². The number of benzene rings is 5. The topological polar surface area (TPSA) is 55.6 Å². The molecule has 1 aromatic heterocycles. The Labute approximate surface area is 267 Å². The average molecular weight is 693 g/mol. The quantitative estimate of drug-likeness (QED) is 0.128. The van der Waals surface area contributed by atoms with Gasteiger partial charge in [-0.25, -0.2) is 5.43 Å². The molecule has 5 nitrogen and oxygen atoms in total. The van der Waals surface area contributed by atoms with Gasteiger partial charge in [0, 0.05) is 16.9 Å². The first-order chi connectivity index (χ1) is 21.0. The third-order valence-electron chi connectivity index (χ3n) is 7.19. The molecule has 0 spiro atoms. The molecule has 1 N–H and O–H groups in total. The molecule has 0 unspecified atom stereocenters. The molecule has 5 aromatic carbocycles. The van der Waals surface area contributed by atoms with Crippen LogP contribution in [-0.2, 0) is 6.61 Å². The molecule has 1 amide bonds. The summed E-state index contributed by atoms with van der Waals surface area (Å²) in [6.07, 6.45) is 1.60. The average Bonchev–Trinajstić information content (AvgIpc) is 3.42. The summed E-state index contributed by atoms with van der Waals surface area (Å²) in [6, 6.07) is 40.3. The van der Waals surface area contributed by atoms with E-state index in [9.17, 15) is 4.79 Å². The minimum Gasteiger partial charge on any atom is -0.487 e. The molecule has 43 heavy (non-hydrogen) atoms. The van der Waals surface area contributed by atoms with Crippen LogP contribution in [0.2, 0.25) is 0 Å². The van der Waals surface area contributed by atoms with Gasteiger partial charge in [-0.2, -0.15) is 5.10 Å². The number of ether oxygens (including phenoxy) is 1. The second-order valence-corrected chi connectivity index (χ2v) is 11.8. The molecule has 6 rings (SSSR count). The van der Waals surface area contributed by atoms with Crippen molar-refractivity contribution < 1.29 is 9.53 Å². The molecule has 7 heteroatoms. The maximum atomic E-state index is 12.8. The number of hydrogen-bond acceptors (Lipinski definition) is 3. The number of nitrogens with one attached hydrogen (secondary N) is 1. The van der Waals surface area contributed by atoms with Crippen molar-refractivity contribution in [1.82, 2.24) is 9.99 Å². The molecule has 0 saturated carbocycles. The van der Waals surface area contributed by atoms with Gasteiger partial charge in [-0.15, -0.1) is 0 Å². The highest BCUT2D eigenvalue weighted by atomic mass is 79.9. The van der Waals surface area contributed by atoms with Crippen LogP contribution in [0, 0.1) is 6.92 Å². The number of amides is 1. The number of aryl methyl sites for hydroxylation is 1. The normalized spacial score (nSPS) is 11.2. The lowest BCUT2D eigenvalue weighted by Crippen LogP contribution is -2.17. The van der Waals surface area contributed by atoms with Gasteiger partial charge in [0.1, 0.15) is 12.4 Å². The Balaban J connectivity index is 1.11. The highest BCUT2D eigenvalue weighted by Crippen LogP contribution is 2.35. The fourth-order valence-corrected chi connectivity index (χ4v) is 6.52. The Kier molecular flexibility index (Phi) is 8.54. The minimum absolute atomic E-state index is 0.288. The Hall–Kier alpha value is -4.46. The first kappa shape index (κ1) is 28.6. The van der Waals surface area contributed by atoms with Gasteiger partial charge in [0.25, 0.3) is 5.91 Å². The Bertz CT molecular complexity index is 1920. The number of carbonyl (C=O) groups is 1. The molecule has 0 radical (unpaired) electrons. The highest BCUT2D eigenvalue weighted by Gasteiger charge is 2.12. The summed E-state index contributed by atoms with van der Waals surface area (Å²) in [4.78, 5) is 12.8. The van der Waals surface area contributed by atoms with Gasteiger partial charge in [-0.1, -0.05) is 72.8 Å². The van der Waals surface area contributed by atoms with Crippen molar-refractivity contribution in [2.24, 2.45) is 5.10 Å². The molecule has 0 aliphatic heterocycles. The van der Waals surface area contributed by atoms with Crippen molar-refractivity contribution in [2.45, 2.75) is 13.5 Å². The smallest absolute Gasteiger partial charge is 0.271 e. The summed E-state index contributed by atoms with van der Waals surface area (Å²) in [7, 11) is 0. The molecule has 1 heterocycles. The number of aromatic nitrogens is 1. The highest BCUT2D eigenvalue weighted by molar-refractivity contribution is 9.11. The fraction of sp³-hybridized carbons (Fsp3) is 0.0556. The van der Waals surface area contributed by atoms with Gasteiger partial charge in [0.05, 0.1) is 20.9 Å². The van der Waals surface area contributed by atoms with Crippen molar-refractivity contribution in [3.05, 3.63) is 153 Å². The van der Waals surface area contributed by atoms with Crippen LogP contribution in [0.3, 0.4) is 0 Å². The predicted octanol–water partition coefficient (Wildman–Crippen LogP) is 9.47. The number of nitrogens with zero attached hydrogens (tertiary/aromatic N) is 2. The summed E-state index contributed by atoms with van der Waals surface area (Å²) < 4.78 is 9.92. The molecule has 0 aliphatic rings. The monoisotopic (exact) mass is 691 g/mol.